The minimum atomic E-state index is -0.995. The van der Waals surface area contributed by atoms with E-state index in [1.54, 1.807) is 0 Å². The van der Waals surface area contributed by atoms with E-state index in [-0.39, 0.29) is 48.6 Å². The van der Waals surface area contributed by atoms with Crippen LogP contribution in [0.5, 0.6) is 0 Å². The number of nitrogens with two attached hydrogens (primary N) is 1. The van der Waals surface area contributed by atoms with Crippen LogP contribution in [-0.2, 0) is 19.2 Å². The van der Waals surface area contributed by atoms with E-state index in [4.69, 9.17) is 10.6 Å². The molecule has 0 fully saturated rings. The average Bonchev–Trinajstić information content (AvgIpc) is 2.72. The van der Waals surface area contributed by atoms with Gasteiger partial charge < -0.3 is 19.8 Å². The number of hydrogen-bond donors (Lipinski definition) is 3. The van der Waals surface area contributed by atoms with Crippen molar-refractivity contribution in [3.05, 3.63) is 23.8 Å². The first-order valence-corrected chi connectivity index (χ1v) is 11.5. The normalized spacial score (nSPS) is 30.5. The molecule has 4 N–H and O–H groups in total. The van der Waals surface area contributed by atoms with Crippen LogP contribution in [-0.4, -0.2) is 40.5 Å². The fraction of sp³-hybridized carbons (Fsp3) is 0.750. The number of allylic oxidation sites excluding steroid dienone is 3. The van der Waals surface area contributed by atoms with Gasteiger partial charge in [0.15, 0.2) is 0 Å². The summed E-state index contributed by atoms with van der Waals surface area (Å²) in [6.45, 7) is 8.18. The first kappa shape index (κ1) is 25.6. The van der Waals surface area contributed by atoms with Crippen LogP contribution in [0.2, 0.25) is 0 Å². The SMILES string of the molecule is CC[C@H](C)C(=O)O[C@H]1C[C@@H](C)C=C2C=C[C@H](C)[C@H](CC[C@@H](O)C[C@@H](O)CC(=O)ON)[C@H]21. The first-order chi connectivity index (χ1) is 14.7. The molecule has 8 atom stereocenters. The fourth-order valence-corrected chi connectivity index (χ4v) is 4.79. The molecule has 0 aromatic carbocycles. The zero-order chi connectivity index (χ0) is 23.1. The van der Waals surface area contributed by atoms with Crippen molar-refractivity contribution >= 4 is 11.9 Å². The minimum Gasteiger partial charge on any atom is -0.461 e. The highest BCUT2D eigenvalue weighted by molar-refractivity contribution is 5.72. The Labute approximate surface area is 185 Å². The molecular formula is C24H39NO6. The van der Waals surface area contributed by atoms with Gasteiger partial charge in [-0.2, -0.15) is 5.90 Å². The van der Waals surface area contributed by atoms with Crippen molar-refractivity contribution in [2.45, 2.75) is 84.5 Å². The molecule has 0 aromatic heterocycles. The van der Waals surface area contributed by atoms with Crippen LogP contribution >= 0.6 is 0 Å². The molecule has 0 aliphatic heterocycles. The Morgan fingerprint density at radius 3 is 2.61 bits per heavy atom. The Morgan fingerprint density at radius 2 is 1.97 bits per heavy atom. The van der Waals surface area contributed by atoms with Gasteiger partial charge in [0.25, 0.3) is 0 Å². The Morgan fingerprint density at radius 1 is 1.26 bits per heavy atom. The van der Waals surface area contributed by atoms with Crippen LogP contribution in [0.3, 0.4) is 0 Å². The molecule has 0 heterocycles. The maximum absolute atomic E-state index is 12.5. The highest BCUT2D eigenvalue weighted by Crippen LogP contribution is 2.45. The van der Waals surface area contributed by atoms with Crippen molar-refractivity contribution in [1.29, 1.82) is 0 Å². The lowest BCUT2D eigenvalue weighted by Crippen LogP contribution is -2.41. The van der Waals surface area contributed by atoms with E-state index < -0.39 is 18.2 Å². The molecule has 0 aromatic rings. The van der Waals surface area contributed by atoms with Gasteiger partial charge in [-0.05, 0) is 55.4 Å². The summed E-state index contributed by atoms with van der Waals surface area (Å²) in [7, 11) is 0. The van der Waals surface area contributed by atoms with E-state index in [9.17, 15) is 19.8 Å². The summed E-state index contributed by atoms with van der Waals surface area (Å²) >= 11 is 0. The lowest BCUT2D eigenvalue weighted by atomic mass is 9.65. The summed E-state index contributed by atoms with van der Waals surface area (Å²) in [5, 5.41) is 20.4. The van der Waals surface area contributed by atoms with Crippen LogP contribution in [0.4, 0.5) is 0 Å². The predicted octanol–water partition coefficient (Wildman–Crippen LogP) is 3.05. The Balaban J connectivity index is 2.06. The molecule has 2 aliphatic carbocycles. The van der Waals surface area contributed by atoms with Gasteiger partial charge in [0, 0.05) is 5.92 Å². The first-order valence-electron chi connectivity index (χ1n) is 11.5. The third-order valence-corrected chi connectivity index (χ3v) is 6.79. The largest absolute Gasteiger partial charge is 0.461 e. The highest BCUT2D eigenvalue weighted by Gasteiger charge is 2.41. The van der Waals surface area contributed by atoms with Crippen molar-refractivity contribution in [3.8, 4) is 0 Å². The standard InChI is InChI=1S/C24H39NO6/c1-5-15(3)24(29)30-21-11-14(2)10-17-7-6-16(4)20(23(17)21)9-8-18(26)12-19(27)13-22(28)31-25/h6-7,10,14-16,18-21,23,26-27H,5,8-9,11-13,25H2,1-4H3/t14-,15-,16-,18+,19+,20-,21-,23-/m0/s1. The number of carbonyl (C=O) groups is 2. The summed E-state index contributed by atoms with van der Waals surface area (Å²) in [6.07, 6.45) is 7.33. The van der Waals surface area contributed by atoms with Gasteiger partial charge in [-0.25, -0.2) is 0 Å². The van der Waals surface area contributed by atoms with E-state index in [1.165, 1.54) is 5.57 Å². The second kappa shape index (κ2) is 11.8. The lowest BCUT2D eigenvalue weighted by molar-refractivity contribution is -0.158. The molecule has 0 saturated heterocycles. The zero-order valence-electron chi connectivity index (χ0n) is 19.2. The molecule has 0 bridgehead atoms. The molecule has 7 nitrogen and oxygen atoms in total. The molecule has 0 spiro atoms. The van der Waals surface area contributed by atoms with Gasteiger partial charge in [-0.1, -0.05) is 45.9 Å². The number of ether oxygens (including phenoxy) is 1. The Kier molecular flexibility index (Phi) is 9.72. The highest BCUT2D eigenvalue weighted by atomic mass is 16.7. The number of rotatable bonds is 10. The number of aliphatic hydroxyl groups excluding tert-OH is 2. The Hall–Kier alpha value is -1.70. The van der Waals surface area contributed by atoms with Crippen molar-refractivity contribution in [3.63, 3.8) is 0 Å². The molecule has 0 saturated carbocycles. The topological polar surface area (TPSA) is 119 Å². The quantitative estimate of drug-likeness (QED) is 0.355. The van der Waals surface area contributed by atoms with Gasteiger partial charge in [0.05, 0.1) is 24.5 Å². The molecule has 2 aliphatic rings. The van der Waals surface area contributed by atoms with E-state index in [0.717, 1.165) is 19.3 Å². The molecule has 2 rings (SSSR count). The summed E-state index contributed by atoms with van der Waals surface area (Å²) in [5.41, 5.74) is 1.21. The van der Waals surface area contributed by atoms with Crippen LogP contribution < -0.4 is 5.90 Å². The predicted molar refractivity (Wildman–Crippen MR) is 117 cm³/mol. The van der Waals surface area contributed by atoms with Crippen molar-refractivity contribution in [2.75, 3.05) is 0 Å². The summed E-state index contributed by atoms with van der Waals surface area (Å²) in [6, 6.07) is 0. The second-order valence-electron chi connectivity index (χ2n) is 9.39. The monoisotopic (exact) mass is 437 g/mol. The molecule has 31 heavy (non-hydrogen) atoms. The smallest absolute Gasteiger partial charge is 0.327 e. The van der Waals surface area contributed by atoms with Crippen molar-refractivity contribution in [2.24, 2.45) is 35.5 Å². The van der Waals surface area contributed by atoms with Gasteiger partial charge in [0.2, 0.25) is 0 Å². The minimum absolute atomic E-state index is 0.0862. The van der Waals surface area contributed by atoms with Gasteiger partial charge in [-0.15, -0.1) is 0 Å². The fourth-order valence-electron chi connectivity index (χ4n) is 4.79. The molecule has 0 unspecified atom stereocenters. The number of fused-ring (bicyclic) bond motifs is 1. The number of esters is 1. The average molecular weight is 438 g/mol. The van der Waals surface area contributed by atoms with Crippen LogP contribution in [0.25, 0.3) is 0 Å². The summed E-state index contributed by atoms with van der Waals surface area (Å²) < 4.78 is 6.01. The van der Waals surface area contributed by atoms with E-state index in [0.29, 0.717) is 12.3 Å². The molecule has 176 valence electrons. The van der Waals surface area contributed by atoms with Crippen LogP contribution in [0.15, 0.2) is 23.8 Å². The third kappa shape index (κ3) is 7.16. The summed E-state index contributed by atoms with van der Waals surface area (Å²) in [5.74, 6) is 4.77. The zero-order valence-corrected chi connectivity index (χ0v) is 19.2. The van der Waals surface area contributed by atoms with Crippen molar-refractivity contribution in [1.82, 2.24) is 0 Å². The van der Waals surface area contributed by atoms with Gasteiger partial charge in [-0.3, -0.25) is 9.59 Å². The molecule has 7 heteroatoms. The maximum atomic E-state index is 12.5. The molecule has 0 amide bonds. The molecule has 0 radical (unpaired) electrons. The number of aliphatic hydroxyl groups is 2. The van der Waals surface area contributed by atoms with Gasteiger partial charge >= 0.3 is 11.9 Å². The van der Waals surface area contributed by atoms with Crippen LogP contribution in [0, 0.1) is 29.6 Å². The Bertz CT molecular complexity index is 675. The number of hydrogen-bond acceptors (Lipinski definition) is 7. The second-order valence-corrected chi connectivity index (χ2v) is 9.39. The van der Waals surface area contributed by atoms with Gasteiger partial charge in [0.1, 0.15) is 6.10 Å². The van der Waals surface area contributed by atoms with E-state index >= 15 is 0 Å². The van der Waals surface area contributed by atoms with Crippen molar-refractivity contribution < 1.29 is 29.4 Å². The maximum Gasteiger partial charge on any atom is 0.327 e. The van der Waals surface area contributed by atoms with E-state index in [1.807, 2.05) is 13.8 Å². The van der Waals surface area contributed by atoms with E-state index in [2.05, 4.69) is 36.9 Å². The molecular weight excluding hydrogens is 398 g/mol. The number of carbonyl (C=O) groups excluding carboxylic acids is 2. The summed E-state index contributed by atoms with van der Waals surface area (Å²) in [4.78, 5) is 27.8. The third-order valence-electron chi connectivity index (χ3n) is 6.79. The van der Waals surface area contributed by atoms with Crippen LogP contribution in [0.1, 0.15) is 66.2 Å². The lowest BCUT2D eigenvalue weighted by Gasteiger charge is -2.43.